The van der Waals surface area contributed by atoms with Crippen LogP contribution >= 0.6 is 0 Å². The van der Waals surface area contributed by atoms with Crippen molar-refractivity contribution >= 4 is 12.0 Å². The Labute approximate surface area is 167 Å². The molecule has 1 fully saturated rings. The number of hydrogen-bond donors (Lipinski definition) is 0. The third-order valence-corrected chi connectivity index (χ3v) is 5.19. The number of amides is 1. The average Bonchev–Trinajstić information content (AvgIpc) is 2.74. The molecule has 0 spiro atoms. The van der Waals surface area contributed by atoms with E-state index in [4.69, 9.17) is 9.47 Å². The number of nitrogens with zero attached hydrogens (tertiary/aromatic N) is 2. The minimum absolute atomic E-state index is 0.0356. The van der Waals surface area contributed by atoms with Crippen LogP contribution in [0.2, 0.25) is 0 Å². The van der Waals surface area contributed by atoms with Crippen molar-refractivity contribution in [3.8, 4) is 11.5 Å². The van der Waals surface area contributed by atoms with Gasteiger partial charge in [-0.1, -0.05) is 24.3 Å². The molecular formula is C23H28N2O3. The number of piperazine rings is 1. The first-order valence-electron chi connectivity index (χ1n) is 9.56. The maximum absolute atomic E-state index is 12.6. The molecule has 1 aliphatic heterocycles. The molecule has 0 saturated carbocycles. The van der Waals surface area contributed by atoms with Gasteiger partial charge in [-0.15, -0.1) is 0 Å². The average molecular weight is 380 g/mol. The SMILES string of the molecule is COc1ccc(/C=C/C(=O)N2CCN(Cc3ccccc3C)CC2)c(OC)c1. The Bertz CT molecular complexity index is 839. The van der Waals surface area contributed by atoms with Crippen molar-refractivity contribution < 1.29 is 14.3 Å². The Morgan fingerprint density at radius 2 is 1.79 bits per heavy atom. The highest BCUT2D eigenvalue weighted by Crippen LogP contribution is 2.25. The van der Waals surface area contributed by atoms with Crippen LogP contribution in [0.4, 0.5) is 0 Å². The maximum atomic E-state index is 12.6. The highest BCUT2D eigenvalue weighted by atomic mass is 16.5. The van der Waals surface area contributed by atoms with Gasteiger partial charge in [0, 0.05) is 50.4 Å². The quantitative estimate of drug-likeness (QED) is 0.721. The summed E-state index contributed by atoms with van der Waals surface area (Å²) in [5.41, 5.74) is 3.53. The molecule has 0 aromatic heterocycles. The van der Waals surface area contributed by atoms with E-state index in [0.29, 0.717) is 5.75 Å². The second-order valence-corrected chi connectivity index (χ2v) is 6.97. The van der Waals surface area contributed by atoms with Gasteiger partial charge in [0.05, 0.1) is 14.2 Å². The van der Waals surface area contributed by atoms with Gasteiger partial charge in [-0.3, -0.25) is 9.69 Å². The molecule has 1 saturated heterocycles. The van der Waals surface area contributed by atoms with Gasteiger partial charge in [-0.2, -0.15) is 0 Å². The molecule has 1 heterocycles. The topological polar surface area (TPSA) is 42.0 Å². The van der Waals surface area contributed by atoms with Crippen molar-refractivity contribution in [2.45, 2.75) is 13.5 Å². The van der Waals surface area contributed by atoms with Crippen LogP contribution in [0, 0.1) is 6.92 Å². The number of rotatable bonds is 6. The molecule has 28 heavy (non-hydrogen) atoms. The van der Waals surface area contributed by atoms with Crippen LogP contribution in [0.3, 0.4) is 0 Å². The number of aryl methyl sites for hydroxylation is 1. The Morgan fingerprint density at radius 3 is 2.46 bits per heavy atom. The van der Waals surface area contributed by atoms with Crippen LogP contribution in [0.25, 0.3) is 6.08 Å². The van der Waals surface area contributed by atoms with E-state index < -0.39 is 0 Å². The molecule has 0 radical (unpaired) electrons. The van der Waals surface area contributed by atoms with Crippen LogP contribution in [0.1, 0.15) is 16.7 Å². The van der Waals surface area contributed by atoms with E-state index in [2.05, 4.69) is 36.1 Å². The van der Waals surface area contributed by atoms with Gasteiger partial charge in [-0.05, 0) is 36.3 Å². The smallest absolute Gasteiger partial charge is 0.246 e. The van der Waals surface area contributed by atoms with Crippen LogP contribution in [0.5, 0.6) is 11.5 Å². The Morgan fingerprint density at radius 1 is 1.04 bits per heavy atom. The summed E-state index contributed by atoms with van der Waals surface area (Å²) < 4.78 is 10.6. The lowest BCUT2D eigenvalue weighted by molar-refractivity contribution is -0.127. The first kappa shape index (κ1) is 20.0. The summed E-state index contributed by atoms with van der Waals surface area (Å²) in [6, 6.07) is 14.0. The largest absolute Gasteiger partial charge is 0.497 e. The molecule has 0 atom stereocenters. The van der Waals surface area contributed by atoms with E-state index in [9.17, 15) is 4.79 Å². The monoisotopic (exact) mass is 380 g/mol. The predicted molar refractivity (Wildman–Crippen MR) is 112 cm³/mol. The summed E-state index contributed by atoms with van der Waals surface area (Å²) in [6.07, 6.45) is 3.43. The summed E-state index contributed by atoms with van der Waals surface area (Å²) in [5.74, 6) is 1.45. The van der Waals surface area contributed by atoms with Gasteiger partial charge >= 0.3 is 0 Å². The molecule has 2 aromatic rings. The predicted octanol–water partition coefficient (Wildman–Crippen LogP) is 3.37. The molecule has 1 aliphatic rings. The number of methoxy groups -OCH3 is 2. The summed E-state index contributed by atoms with van der Waals surface area (Å²) >= 11 is 0. The fourth-order valence-electron chi connectivity index (χ4n) is 3.38. The number of carbonyl (C=O) groups excluding carboxylic acids is 1. The van der Waals surface area contributed by atoms with Crippen LogP contribution < -0.4 is 9.47 Å². The number of ether oxygens (including phenoxy) is 2. The lowest BCUT2D eigenvalue weighted by Crippen LogP contribution is -2.47. The second kappa shape index (κ2) is 9.42. The lowest BCUT2D eigenvalue weighted by atomic mass is 10.1. The molecule has 1 amide bonds. The zero-order valence-corrected chi connectivity index (χ0v) is 16.9. The zero-order valence-electron chi connectivity index (χ0n) is 16.9. The highest BCUT2D eigenvalue weighted by Gasteiger charge is 2.20. The van der Waals surface area contributed by atoms with E-state index >= 15 is 0 Å². The maximum Gasteiger partial charge on any atom is 0.246 e. The van der Waals surface area contributed by atoms with E-state index in [-0.39, 0.29) is 5.91 Å². The van der Waals surface area contributed by atoms with Crippen molar-refractivity contribution in [2.75, 3.05) is 40.4 Å². The van der Waals surface area contributed by atoms with Gasteiger partial charge in [0.15, 0.2) is 0 Å². The molecule has 5 heteroatoms. The van der Waals surface area contributed by atoms with Crippen molar-refractivity contribution in [3.63, 3.8) is 0 Å². The summed E-state index contributed by atoms with van der Waals surface area (Å²) in [4.78, 5) is 16.9. The molecule has 0 aliphatic carbocycles. The standard InChI is InChI=1S/C23H28N2O3/c1-18-6-4-5-7-20(18)17-24-12-14-25(15-13-24)23(26)11-9-19-8-10-21(27-2)16-22(19)28-3/h4-11,16H,12-15,17H2,1-3H3/b11-9+. The first-order chi connectivity index (χ1) is 13.6. The van der Waals surface area contributed by atoms with Crippen LogP contribution in [-0.2, 0) is 11.3 Å². The zero-order chi connectivity index (χ0) is 19.9. The molecule has 5 nitrogen and oxygen atoms in total. The van der Waals surface area contributed by atoms with Crippen molar-refractivity contribution in [3.05, 3.63) is 65.2 Å². The summed E-state index contributed by atoms with van der Waals surface area (Å²) in [6.45, 7) is 6.35. The Hall–Kier alpha value is -2.79. The van der Waals surface area contributed by atoms with E-state index in [1.165, 1.54) is 11.1 Å². The van der Waals surface area contributed by atoms with Gasteiger partial charge in [0.25, 0.3) is 0 Å². The van der Waals surface area contributed by atoms with Gasteiger partial charge < -0.3 is 14.4 Å². The number of hydrogen-bond acceptors (Lipinski definition) is 4. The van der Waals surface area contributed by atoms with E-state index in [1.54, 1.807) is 26.4 Å². The Balaban J connectivity index is 1.55. The van der Waals surface area contributed by atoms with Crippen molar-refractivity contribution in [2.24, 2.45) is 0 Å². The van der Waals surface area contributed by atoms with Gasteiger partial charge in [0.1, 0.15) is 11.5 Å². The van der Waals surface area contributed by atoms with Gasteiger partial charge in [-0.25, -0.2) is 0 Å². The second-order valence-electron chi connectivity index (χ2n) is 6.97. The van der Waals surface area contributed by atoms with Crippen LogP contribution in [-0.4, -0.2) is 56.1 Å². The molecule has 0 bridgehead atoms. The first-order valence-corrected chi connectivity index (χ1v) is 9.56. The Kier molecular flexibility index (Phi) is 6.71. The molecular weight excluding hydrogens is 352 g/mol. The normalized spacial score (nSPS) is 15.0. The van der Waals surface area contributed by atoms with Gasteiger partial charge in [0.2, 0.25) is 5.91 Å². The fourth-order valence-corrected chi connectivity index (χ4v) is 3.38. The highest BCUT2D eigenvalue weighted by molar-refractivity contribution is 5.92. The van der Waals surface area contributed by atoms with E-state index in [0.717, 1.165) is 44.0 Å². The van der Waals surface area contributed by atoms with Crippen LogP contribution in [0.15, 0.2) is 48.5 Å². The molecule has 0 N–H and O–H groups in total. The van der Waals surface area contributed by atoms with Crippen molar-refractivity contribution in [1.29, 1.82) is 0 Å². The number of benzene rings is 2. The summed E-state index contributed by atoms with van der Waals surface area (Å²) in [5, 5.41) is 0. The third kappa shape index (κ3) is 4.93. The molecule has 148 valence electrons. The minimum atomic E-state index is 0.0356. The molecule has 3 rings (SSSR count). The summed E-state index contributed by atoms with van der Waals surface area (Å²) in [7, 11) is 3.23. The molecule has 0 unspecified atom stereocenters. The van der Waals surface area contributed by atoms with E-state index in [1.807, 2.05) is 23.1 Å². The number of carbonyl (C=O) groups is 1. The minimum Gasteiger partial charge on any atom is -0.497 e. The lowest BCUT2D eigenvalue weighted by Gasteiger charge is -2.34. The fraction of sp³-hybridized carbons (Fsp3) is 0.348. The third-order valence-electron chi connectivity index (χ3n) is 5.19. The molecule has 2 aromatic carbocycles. The van der Waals surface area contributed by atoms with Crippen molar-refractivity contribution in [1.82, 2.24) is 9.80 Å².